The molecule has 0 radical (unpaired) electrons. The van der Waals surface area contributed by atoms with E-state index in [-0.39, 0.29) is 24.3 Å². The van der Waals surface area contributed by atoms with Crippen LogP contribution in [0.1, 0.15) is 37.7 Å². The van der Waals surface area contributed by atoms with Gasteiger partial charge in [0, 0.05) is 46.4 Å². The summed E-state index contributed by atoms with van der Waals surface area (Å²) in [5, 5.41) is 2.93. The molecule has 0 aliphatic carbocycles. The smallest absolute Gasteiger partial charge is 0.237 e. The molecule has 2 heterocycles. The maximum atomic E-state index is 12.9. The van der Waals surface area contributed by atoms with Crippen molar-refractivity contribution in [3.8, 4) is 0 Å². The monoisotopic (exact) mass is 387 g/mol. The molecule has 1 aromatic rings. The molecule has 1 N–H and O–H groups in total. The summed E-state index contributed by atoms with van der Waals surface area (Å²) in [6.07, 6.45) is 4.64. The number of nitrogens with one attached hydrogen (secondary N) is 1. The number of methoxy groups -OCH3 is 1. The Balaban J connectivity index is 1.51. The van der Waals surface area contributed by atoms with Crippen molar-refractivity contribution < 1.29 is 14.3 Å². The zero-order chi connectivity index (χ0) is 19.8. The number of ether oxygens (including phenoxy) is 1. The molecule has 1 aromatic carbocycles. The minimum absolute atomic E-state index is 0.0232. The third kappa shape index (κ3) is 5.79. The summed E-state index contributed by atoms with van der Waals surface area (Å²) in [4.78, 5) is 29.4. The van der Waals surface area contributed by atoms with E-state index < -0.39 is 0 Å². The van der Waals surface area contributed by atoms with Crippen LogP contribution >= 0.6 is 0 Å². The minimum Gasteiger partial charge on any atom is -0.385 e. The normalized spacial score (nSPS) is 21.5. The Morgan fingerprint density at radius 3 is 2.64 bits per heavy atom. The lowest BCUT2D eigenvalue weighted by Gasteiger charge is -2.37. The van der Waals surface area contributed by atoms with Crippen molar-refractivity contribution in [2.45, 2.75) is 44.7 Å². The zero-order valence-corrected chi connectivity index (χ0v) is 16.9. The average molecular weight is 388 g/mol. The molecule has 2 saturated heterocycles. The van der Waals surface area contributed by atoms with Gasteiger partial charge in [-0.3, -0.25) is 14.5 Å². The highest BCUT2D eigenvalue weighted by molar-refractivity contribution is 5.88. The summed E-state index contributed by atoms with van der Waals surface area (Å²) in [7, 11) is 1.74. The number of rotatable bonds is 8. The van der Waals surface area contributed by atoms with Crippen LogP contribution in [0.15, 0.2) is 30.3 Å². The van der Waals surface area contributed by atoms with Gasteiger partial charge in [-0.1, -0.05) is 30.3 Å². The zero-order valence-electron chi connectivity index (χ0n) is 16.9. The fourth-order valence-electron chi connectivity index (χ4n) is 4.27. The third-order valence-corrected chi connectivity index (χ3v) is 5.97. The van der Waals surface area contributed by atoms with E-state index in [0.717, 1.165) is 45.5 Å². The van der Waals surface area contributed by atoms with Crippen LogP contribution in [0, 0.1) is 5.92 Å². The van der Waals surface area contributed by atoms with E-state index in [4.69, 9.17) is 4.74 Å². The molecule has 1 atom stereocenters. The quantitative estimate of drug-likeness (QED) is 0.694. The van der Waals surface area contributed by atoms with Crippen molar-refractivity contribution >= 4 is 11.8 Å². The molecule has 2 fully saturated rings. The van der Waals surface area contributed by atoms with Crippen molar-refractivity contribution in [1.82, 2.24) is 15.1 Å². The molecule has 0 aromatic heterocycles. The van der Waals surface area contributed by atoms with Crippen molar-refractivity contribution in [3.05, 3.63) is 35.9 Å². The van der Waals surface area contributed by atoms with Gasteiger partial charge in [-0.05, 0) is 37.2 Å². The number of carbonyl (C=O) groups is 2. The van der Waals surface area contributed by atoms with Crippen LogP contribution in [0.25, 0.3) is 0 Å². The number of hydrogen-bond donors (Lipinski definition) is 1. The molecule has 0 spiro atoms. The largest absolute Gasteiger partial charge is 0.385 e. The van der Waals surface area contributed by atoms with Crippen LogP contribution in [0.3, 0.4) is 0 Å². The van der Waals surface area contributed by atoms with Crippen LogP contribution in [-0.4, -0.2) is 67.6 Å². The number of piperazine rings is 1. The second-order valence-electron chi connectivity index (χ2n) is 7.93. The van der Waals surface area contributed by atoms with Crippen molar-refractivity contribution in [2.24, 2.45) is 5.92 Å². The first-order valence-electron chi connectivity index (χ1n) is 10.5. The fraction of sp³-hybridized carbons (Fsp3) is 0.636. The first kappa shape index (κ1) is 20.8. The van der Waals surface area contributed by atoms with E-state index in [2.05, 4.69) is 22.3 Å². The SMILES string of the molecule is COCCCC1CCN(C(=O)C[C@@H]2C(=O)NCCN2Cc2ccccc2)CC1. The van der Waals surface area contributed by atoms with E-state index in [1.165, 1.54) is 12.0 Å². The van der Waals surface area contributed by atoms with Gasteiger partial charge in [0.25, 0.3) is 0 Å². The number of amides is 2. The van der Waals surface area contributed by atoms with E-state index >= 15 is 0 Å². The summed E-state index contributed by atoms with van der Waals surface area (Å²) < 4.78 is 5.13. The van der Waals surface area contributed by atoms with Gasteiger partial charge in [-0.2, -0.15) is 0 Å². The molecular formula is C22H33N3O3. The molecule has 0 unspecified atom stereocenters. The Morgan fingerprint density at radius 2 is 1.93 bits per heavy atom. The van der Waals surface area contributed by atoms with Gasteiger partial charge in [-0.25, -0.2) is 0 Å². The maximum absolute atomic E-state index is 12.9. The van der Waals surface area contributed by atoms with Crippen molar-refractivity contribution in [2.75, 3.05) is 39.9 Å². The summed E-state index contributed by atoms with van der Waals surface area (Å²) in [6, 6.07) is 9.78. The molecule has 6 nitrogen and oxygen atoms in total. The van der Waals surface area contributed by atoms with Gasteiger partial charge in [0.15, 0.2) is 0 Å². The van der Waals surface area contributed by atoms with Crippen LogP contribution in [0.4, 0.5) is 0 Å². The second kappa shape index (κ2) is 10.6. The molecule has 6 heteroatoms. The number of piperidine rings is 1. The Morgan fingerprint density at radius 1 is 1.18 bits per heavy atom. The summed E-state index contributed by atoms with van der Waals surface area (Å²) in [6.45, 7) is 4.55. The number of nitrogens with zero attached hydrogens (tertiary/aromatic N) is 2. The Kier molecular flexibility index (Phi) is 7.86. The first-order chi connectivity index (χ1) is 13.7. The summed E-state index contributed by atoms with van der Waals surface area (Å²) >= 11 is 0. The molecule has 0 bridgehead atoms. The lowest BCUT2D eigenvalue weighted by atomic mass is 9.92. The van der Waals surface area contributed by atoms with E-state index in [9.17, 15) is 9.59 Å². The first-order valence-corrected chi connectivity index (χ1v) is 10.5. The maximum Gasteiger partial charge on any atom is 0.237 e. The second-order valence-corrected chi connectivity index (χ2v) is 7.93. The highest BCUT2D eigenvalue weighted by Crippen LogP contribution is 2.23. The van der Waals surface area contributed by atoms with E-state index in [1.807, 2.05) is 23.1 Å². The van der Waals surface area contributed by atoms with E-state index in [1.54, 1.807) is 7.11 Å². The van der Waals surface area contributed by atoms with Gasteiger partial charge in [0.05, 0.1) is 12.5 Å². The molecule has 154 valence electrons. The Bertz CT molecular complexity index is 629. The predicted octanol–water partition coefficient (Wildman–Crippen LogP) is 2.04. The lowest BCUT2D eigenvalue weighted by Crippen LogP contribution is -2.56. The van der Waals surface area contributed by atoms with Gasteiger partial charge in [-0.15, -0.1) is 0 Å². The number of benzene rings is 1. The van der Waals surface area contributed by atoms with Gasteiger partial charge in [0.2, 0.25) is 11.8 Å². The predicted molar refractivity (Wildman–Crippen MR) is 109 cm³/mol. The Hall–Kier alpha value is -1.92. The highest BCUT2D eigenvalue weighted by Gasteiger charge is 2.33. The molecular weight excluding hydrogens is 354 g/mol. The number of hydrogen-bond acceptors (Lipinski definition) is 4. The molecule has 2 aliphatic rings. The Labute approximate surface area is 168 Å². The molecule has 2 amide bonds. The summed E-state index contributed by atoms with van der Waals surface area (Å²) in [5.74, 6) is 0.771. The number of likely N-dealkylation sites (tertiary alicyclic amines) is 1. The molecule has 2 aliphatic heterocycles. The molecule has 28 heavy (non-hydrogen) atoms. The standard InChI is InChI=1S/C22H33N3O3/c1-28-15-5-8-18-9-12-24(13-10-18)21(26)16-20-22(27)23-11-14-25(20)17-19-6-3-2-4-7-19/h2-4,6-7,18,20H,5,8-17H2,1H3,(H,23,27)/t20-/m1/s1. The molecule has 0 saturated carbocycles. The molecule has 3 rings (SSSR count). The van der Waals surface area contributed by atoms with Crippen LogP contribution in [-0.2, 0) is 20.9 Å². The number of carbonyl (C=O) groups excluding carboxylic acids is 2. The van der Waals surface area contributed by atoms with Crippen LogP contribution in [0.5, 0.6) is 0 Å². The van der Waals surface area contributed by atoms with Crippen LogP contribution < -0.4 is 5.32 Å². The van der Waals surface area contributed by atoms with Crippen LogP contribution in [0.2, 0.25) is 0 Å². The summed E-state index contributed by atoms with van der Waals surface area (Å²) in [5.41, 5.74) is 1.17. The lowest BCUT2D eigenvalue weighted by molar-refractivity contribution is -0.140. The van der Waals surface area contributed by atoms with Gasteiger partial charge >= 0.3 is 0 Å². The minimum atomic E-state index is -0.374. The van der Waals surface area contributed by atoms with Gasteiger partial charge in [0.1, 0.15) is 0 Å². The van der Waals surface area contributed by atoms with Gasteiger partial charge < -0.3 is 15.0 Å². The fourth-order valence-corrected chi connectivity index (χ4v) is 4.27. The van der Waals surface area contributed by atoms with E-state index in [0.29, 0.717) is 19.0 Å². The van der Waals surface area contributed by atoms with Crippen molar-refractivity contribution in [1.29, 1.82) is 0 Å². The third-order valence-electron chi connectivity index (χ3n) is 5.97. The topological polar surface area (TPSA) is 61.9 Å². The van der Waals surface area contributed by atoms with Crippen molar-refractivity contribution in [3.63, 3.8) is 0 Å². The average Bonchev–Trinajstić information content (AvgIpc) is 2.72. The highest BCUT2D eigenvalue weighted by atomic mass is 16.5.